The average molecular weight is 427 g/mol. The van der Waals surface area contributed by atoms with Crippen LogP contribution in [0.25, 0.3) is 6.08 Å². The lowest BCUT2D eigenvalue weighted by Gasteiger charge is -2.31. The maximum absolute atomic E-state index is 13.8. The molecule has 2 aromatic carbocycles. The molecule has 1 aliphatic heterocycles. The minimum atomic E-state index is -0.464. The lowest BCUT2D eigenvalue weighted by molar-refractivity contribution is -0.895. The number of ether oxygens (including phenoxy) is 1. The highest BCUT2D eigenvalue weighted by Crippen LogP contribution is 2.18. The van der Waals surface area contributed by atoms with Gasteiger partial charge in [0.2, 0.25) is 5.91 Å². The number of nitrogens with one attached hydrogen (secondary N) is 2. The van der Waals surface area contributed by atoms with Crippen molar-refractivity contribution >= 4 is 23.6 Å². The number of carbonyl (C=O) groups excluding carboxylic acids is 2. The van der Waals surface area contributed by atoms with Crippen LogP contribution in [0.3, 0.4) is 0 Å². The fourth-order valence-corrected chi connectivity index (χ4v) is 3.65. The lowest BCUT2D eigenvalue weighted by Crippen LogP contribution is -3.15. The third-order valence-electron chi connectivity index (χ3n) is 5.46. The highest BCUT2D eigenvalue weighted by atomic mass is 19.1. The first-order valence-electron chi connectivity index (χ1n) is 10.5. The number of rotatable bonds is 7. The molecule has 1 aliphatic rings. The van der Waals surface area contributed by atoms with Gasteiger partial charge in [0.05, 0.1) is 33.3 Å². The Morgan fingerprint density at radius 2 is 1.94 bits per heavy atom. The number of carbonyl (C=O) groups is 2. The summed E-state index contributed by atoms with van der Waals surface area (Å²) in [5, 5.41) is 3.00. The van der Waals surface area contributed by atoms with Gasteiger partial charge in [0.25, 0.3) is 5.91 Å². The second-order valence-corrected chi connectivity index (χ2v) is 7.54. The van der Waals surface area contributed by atoms with E-state index in [2.05, 4.69) is 12.2 Å². The first-order valence-corrected chi connectivity index (χ1v) is 10.5. The minimum Gasteiger partial charge on any atom is -0.494 e. The van der Waals surface area contributed by atoms with Crippen LogP contribution in [0.2, 0.25) is 0 Å². The van der Waals surface area contributed by atoms with Crippen molar-refractivity contribution in [3.63, 3.8) is 0 Å². The second-order valence-electron chi connectivity index (χ2n) is 7.54. The van der Waals surface area contributed by atoms with Gasteiger partial charge >= 0.3 is 0 Å². The van der Waals surface area contributed by atoms with Crippen LogP contribution in [0.15, 0.2) is 48.5 Å². The molecule has 7 heteroatoms. The van der Waals surface area contributed by atoms with Crippen molar-refractivity contribution in [3.8, 4) is 5.75 Å². The van der Waals surface area contributed by atoms with Crippen LogP contribution in [0, 0.1) is 5.82 Å². The molecule has 1 saturated heterocycles. The van der Waals surface area contributed by atoms with E-state index in [0.29, 0.717) is 38.3 Å². The molecule has 0 spiro atoms. The van der Waals surface area contributed by atoms with E-state index in [9.17, 15) is 14.0 Å². The molecule has 0 bridgehead atoms. The molecule has 0 aromatic heterocycles. The van der Waals surface area contributed by atoms with Gasteiger partial charge in [0, 0.05) is 11.8 Å². The van der Waals surface area contributed by atoms with Crippen LogP contribution in [0.5, 0.6) is 5.75 Å². The third-order valence-corrected chi connectivity index (χ3v) is 5.46. The van der Waals surface area contributed by atoms with Gasteiger partial charge < -0.3 is 19.9 Å². The topological polar surface area (TPSA) is 63.1 Å². The molecular formula is C24H29FN3O3+. The monoisotopic (exact) mass is 426 g/mol. The Hall–Kier alpha value is -3.19. The van der Waals surface area contributed by atoms with Gasteiger partial charge in [0.15, 0.2) is 18.1 Å². The highest BCUT2D eigenvalue weighted by molar-refractivity contribution is 5.92. The Morgan fingerprint density at radius 1 is 1.19 bits per heavy atom. The Morgan fingerprint density at radius 3 is 2.61 bits per heavy atom. The molecule has 6 nitrogen and oxygen atoms in total. The molecule has 0 aliphatic carbocycles. The zero-order chi connectivity index (χ0) is 22.2. The molecule has 0 radical (unpaired) electrons. The smallest absolute Gasteiger partial charge is 0.279 e. The van der Waals surface area contributed by atoms with E-state index in [1.165, 1.54) is 25.3 Å². The highest BCUT2D eigenvalue weighted by Gasteiger charge is 2.24. The van der Waals surface area contributed by atoms with Gasteiger partial charge in [-0.2, -0.15) is 0 Å². The van der Waals surface area contributed by atoms with Crippen LogP contribution in [0.1, 0.15) is 18.1 Å². The summed E-state index contributed by atoms with van der Waals surface area (Å²) >= 11 is 0. The number of para-hydroxylation sites is 1. The molecule has 0 saturated carbocycles. The van der Waals surface area contributed by atoms with E-state index in [-0.39, 0.29) is 17.6 Å². The number of hydrogen-bond acceptors (Lipinski definition) is 3. The second kappa shape index (κ2) is 10.7. The van der Waals surface area contributed by atoms with Crippen LogP contribution in [0.4, 0.5) is 10.1 Å². The molecule has 31 heavy (non-hydrogen) atoms. The maximum Gasteiger partial charge on any atom is 0.279 e. The quantitative estimate of drug-likeness (QED) is 0.664. The summed E-state index contributed by atoms with van der Waals surface area (Å²) in [5.41, 5.74) is 2.58. The molecule has 2 aromatic rings. The number of hydrogen-bond donors (Lipinski definition) is 2. The molecule has 1 fully saturated rings. The molecular weight excluding hydrogens is 397 g/mol. The molecule has 164 valence electrons. The standard InChI is InChI=1S/C24H28FN3O3/c1-3-19-6-4-5-7-21(19)26-23(29)17-27-12-14-28(15-13-27)24(30)11-9-18-8-10-22(31-2)20(25)16-18/h4-11,16H,3,12-15,17H2,1-2H3,(H,26,29)/p+1/b11-9+. The Bertz CT molecular complexity index is 953. The normalized spacial score (nSPS) is 14.6. The van der Waals surface area contributed by atoms with Gasteiger partial charge in [-0.15, -0.1) is 0 Å². The number of quaternary nitrogens is 1. The van der Waals surface area contributed by atoms with Gasteiger partial charge in [-0.05, 0) is 41.8 Å². The van der Waals surface area contributed by atoms with E-state index < -0.39 is 5.82 Å². The van der Waals surface area contributed by atoms with Gasteiger partial charge in [-0.25, -0.2) is 4.39 Å². The molecule has 1 heterocycles. The lowest BCUT2D eigenvalue weighted by atomic mass is 10.1. The predicted octanol–water partition coefficient (Wildman–Crippen LogP) is 1.78. The van der Waals surface area contributed by atoms with E-state index in [0.717, 1.165) is 22.6 Å². The predicted molar refractivity (Wildman–Crippen MR) is 119 cm³/mol. The van der Waals surface area contributed by atoms with Crippen molar-refractivity contribution in [2.75, 3.05) is 45.2 Å². The summed E-state index contributed by atoms with van der Waals surface area (Å²) in [6, 6.07) is 12.4. The number of halogens is 1. The van der Waals surface area contributed by atoms with Crippen LogP contribution < -0.4 is 15.0 Å². The summed E-state index contributed by atoms with van der Waals surface area (Å²) in [5.74, 6) is -0.423. The largest absolute Gasteiger partial charge is 0.494 e. The van der Waals surface area contributed by atoms with E-state index in [4.69, 9.17) is 4.74 Å². The van der Waals surface area contributed by atoms with Crippen molar-refractivity contribution in [3.05, 3.63) is 65.5 Å². The number of aryl methyl sites for hydroxylation is 1. The van der Waals surface area contributed by atoms with Gasteiger partial charge in [-0.1, -0.05) is 31.2 Å². The molecule has 0 atom stereocenters. The third kappa shape index (κ3) is 6.15. The molecule has 3 rings (SSSR count). The molecule has 2 N–H and O–H groups in total. The molecule has 2 amide bonds. The summed E-state index contributed by atoms with van der Waals surface area (Å²) < 4.78 is 18.7. The van der Waals surface area contributed by atoms with Crippen molar-refractivity contribution < 1.29 is 23.6 Å². The first-order chi connectivity index (χ1) is 15.0. The number of amides is 2. The number of anilines is 1. The zero-order valence-electron chi connectivity index (χ0n) is 18.0. The summed E-state index contributed by atoms with van der Waals surface area (Å²) in [6.07, 6.45) is 3.92. The number of methoxy groups -OCH3 is 1. The van der Waals surface area contributed by atoms with E-state index >= 15 is 0 Å². The first kappa shape index (κ1) is 22.5. The van der Waals surface area contributed by atoms with Crippen LogP contribution in [-0.4, -0.2) is 56.5 Å². The summed E-state index contributed by atoms with van der Waals surface area (Å²) in [4.78, 5) is 27.8. The van der Waals surface area contributed by atoms with Gasteiger partial charge in [0.1, 0.15) is 0 Å². The van der Waals surface area contributed by atoms with E-state index in [1.54, 1.807) is 17.0 Å². The SMILES string of the molecule is CCc1ccccc1NC(=O)C[NH+]1CCN(C(=O)/C=C/c2ccc(OC)c(F)c2)CC1. The van der Waals surface area contributed by atoms with Gasteiger partial charge in [-0.3, -0.25) is 9.59 Å². The van der Waals surface area contributed by atoms with Crippen LogP contribution >= 0.6 is 0 Å². The van der Waals surface area contributed by atoms with Crippen molar-refractivity contribution in [2.24, 2.45) is 0 Å². The zero-order valence-corrected chi connectivity index (χ0v) is 18.0. The van der Waals surface area contributed by atoms with Crippen molar-refractivity contribution in [1.82, 2.24) is 4.90 Å². The number of piperazine rings is 1. The fourth-order valence-electron chi connectivity index (χ4n) is 3.65. The maximum atomic E-state index is 13.8. The Kier molecular flexibility index (Phi) is 7.78. The van der Waals surface area contributed by atoms with E-state index in [1.807, 2.05) is 24.3 Å². The molecule has 0 unspecified atom stereocenters. The number of nitrogens with zero attached hydrogens (tertiary/aromatic N) is 1. The fraction of sp³-hybridized carbons (Fsp3) is 0.333. The van der Waals surface area contributed by atoms with Crippen LogP contribution in [-0.2, 0) is 16.0 Å². The Balaban J connectivity index is 1.47. The van der Waals surface area contributed by atoms with Crippen molar-refractivity contribution in [1.29, 1.82) is 0 Å². The summed E-state index contributed by atoms with van der Waals surface area (Å²) in [6.45, 7) is 5.01. The Labute approximate surface area is 182 Å². The average Bonchev–Trinajstić information content (AvgIpc) is 2.78. The number of benzene rings is 2. The van der Waals surface area contributed by atoms with Crippen molar-refractivity contribution in [2.45, 2.75) is 13.3 Å². The summed E-state index contributed by atoms with van der Waals surface area (Å²) in [7, 11) is 1.41. The minimum absolute atomic E-state index is 0.0166.